The number of ether oxygens (including phenoxy) is 1. The molecule has 0 unspecified atom stereocenters. The molecule has 1 aromatic heterocycles. The monoisotopic (exact) mass is 288 g/mol. The van der Waals surface area contributed by atoms with Gasteiger partial charge >= 0.3 is 5.97 Å². The predicted molar refractivity (Wildman–Crippen MR) is 76.3 cm³/mol. The summed E-state index contributed by atoms with van der Waals surface area (Å²) in [4.78, 5) is 28.2. The quantitative estimate of drug-likeness (QED) is 0.875. The Kier molecular flexibility index (Phi) is 3.39. The number of carboxylic acids is 1. The van der Waals surface area contributed by atoms with E-state index in [2.05, 4.69) is 4.98 Å². The zero-order valence-corrected chi connectivity index (χ0v) is 11.6. The van der Waals surface area contributed by atoms with Gasteiger partial charge in [-0.05, 0) is 24.6 Å². The molecule has 2 N–H and O–H groups in total. The highest BCUT2D eigenvalue weighted by atomic mass is 16.5. The van der Waals surface area contributed by atoms with Crippen LogP contribution in [0.15, 0.2) is 24.3 Å². The molecule has 21 heavy (non-hydrogen) atoms. The zero-order chi connectivity index (χ0) is 15.0. The Labute approximate surface area is 121 Å². The minimum absolute atomic E-state index is 0.0282. The predicted octanol–water partition coefficient (Wildman–Crippen LogP) is 1.40. The molecule has 1 aliphatic heterocycles. The van der Waals surface area contributed by atoms with Crippen molar-refractivity contribution in [3.8, 4) is 0 Å². The fourth-order valence-electron chi connectivity index (χ4n) is 2.56. The lowest BCUT2D eigenvalue weighted by molar-refractivity contribution is -0.147. The van der Waals surface area contributed by atoms with Crippen molar-refractivity contribution in [1.82, 2.24) is 9.88 Å². The van der Waals surface area contributed by atoms with E-state index < -0.39 is 12.0 Å². The van der Waals surface area contributed by atoms with Crippen molar-refractivity contribution in [1.29, 1.82) is 0 Å². The number of H-pyrrole nitrogens is 1. The standard InChI is InChI=1S/C15H16N2O4/c1-9-2-3-10-7-12(16-11(10)6-9)14(18)17-4-5-21-8-13(17)15(19)20/h2-3,6-7,13,16H,4-5,8H2,1H3,(H,19,20)/t13-/m0/s1. The fraction of sp³-hybridized carbons (Fsp3) is 0.333. The van der Waals surface area contributed by atoms with E-state index >= 15 is 0 Å². The van der Waals surface area contributed by atoms with Crippen molar-refractivity contribution in [2.45, 2.75) is 13.0 Å². The third-order valence-electron chi connectivity index (χ3n) is 3.68. The van der Waals surface area contributed by atoms with E-state index in [1.807, 2.05) is 25.1 Å². The summed E-state index contributed by atoms with van der Waals surface area (Å²) in [7, 11) is 0. The van der Waals surface area contributed by atoms with Crippen molar-refractivity contribution in [2.24, 2.45) is 0 Å². The van der Waals surface area contributed by atoms with Gasteiger partial charge in [-0.25, -0.2) is 4.79 Å². The molecular weight excluding hydrogens is 272 g/mol. The van der Waals surface area contributed by atoms with E-state index in [0.717, 1.165) is 16.5 Å². The average Bonchev–Trinajstić information content (AvgIpc) is 2.89. The Balaban J connectivity index is 1.93. The van der Waals surface area contributed by atoms with Crippen LogP contribution in [0.1, 0.15) is 16.1 Å². The van der Waals surface area contributed by atoms with Crippen molar-refractivity contribution >= 4 is 22.8 Å². The number of nitrogens with one attached hydrogen (secondary N) is 1. The van der Waals surface area contributed by atoms with Gasteiger partial charge < -0.3 is 19.7 Å². The van der Waals surface area contributed by atoms with Crippen LogP contribution in [-0.4, -0.2) is 52.7 Å². The number of fused-ring (bicyclic) bond motifs is 1. The Morgan fingerprint density at radius 1 is 1.38 bits per heavy atom. The topological polar surface area (TPSA) is 82.6 Å². The zero-order valence-electron chi connectivity index (χ0n) is 11.6. The van der Waals surface area contributed by atoms with E-state index in [4.69, 9.17) is 4.74 Å². The maximum atomic E-state index is 12.5. The molecule has 1 aromatic carbocycles. The lowest BCUT2D eigenvalue weighted by Gasteiger charge is -2.32. The SMILES string of the molecule is Cc1ccc2cc(C(=O)N3CCOC[C@H]3C(=O)O)[nH]c2c1. The summed E-state index contributed by atoms with van der Waals surface area (Å²) in [6, 6.07) is 6.69. The number of hydrogen-bond donors (Lipinski definition) is 2. The van der Waals surface area contributed by atoms with Crippen LogP contribution in [0.25, 0.3) is 10.9 Å². The lowest BCUT2D eigenvalue weighted by Crippen LogP contribution is -2.52. The summed E-state index contributed by atoms with van der Waals surface area (Å²) in [6.45, 7) is 2.64. The van der Waals surface area contributed by atoms with E-state index in [1.165, 1.54) is 4.90 Å². The summed E-state index contributed by atoms with van der Waals surface area (Å²) in [5, 5.41) is 10.1. The first-order chi connectivity index (χ1) is 10.1. The molecule has 0 aliphatic carbocycles. The van der Waals surface area contributed by atoms with Gasteiger partial charge in [0.05, 0.1) is 13.2 Å². The molecule has 2 aromatic rings. The molecule has 6 heteroatoms. The number of aryl methyl sites for hydroxylation is 1. The maximum Gasteiger partial charge on any atom is 0.328 e. The number of aromatic amines is 1. The molecule has 1 atom stereocenters. The van der Waals surface area contributed by atoms with Gasteiger partial charge in [-0.3, -0.25) is 4.79 Å². The molecule has 6 nitrogen and oxygen atoms in total. The van der Waals surface area contributed by atoms with Gasteiger partial charge in [0.1, 0.15) is 5.69 Å². The molecule has 0 saturated carbocycles. The van der Waals surface area contributed by atoms with Gasteiger partial charge in [0.15, 0.2) is 6.04 Å². The summed E-state index contributed by atoms with van der Waals surface area (Å²) < 4.78 is 5.15. The highest BCUT2D eigenvalue weighted by molar-refractivity contribution is 5.99. The van der Waals surface area contributed by atoms with Gasteiger partial charge in [0.25, 0.3) is 5.91 Å². The van der Waals surface area contributed by atoms with Gasteiger partial charge in [-0.1, -0.05) is 12.1 Å². The highest BCUT2D eigenvalue weighted by Crippen LogP contribution is 2.19. The van der Waals surface area contributed by atoms with E-state index in [1.54, 1.807) is 6.07 Å². The molecule has 2 heterocycles. The van der Waals surface area contributed by atoms with Crippen molar-refractivity contribution in [3.63, 3.8) is 0 Å². The molecule has 1 fully saturated rings. The number of amides is 1. The minimum atomic E-state index is -1.05. The number of aromatic nitrogens is 1. The summed E-state index contributed by atoms with van der Waals surface area (Å²) >= 11 is 0. The van der Waals surface area contributed by atoms with Crippen LogP contribution >= 0.6 is 0 Å². The number of hydrogen-bond acceptors (Lipinski definition) is 3. The summed E-state index contributed by atoms with van der Waals surface area (Å²) in [5.41, 5.74) is 2.38. The number of carboxylic acid groups (broad SMARTS) is 1. The fourth-order valence-corrected chi connectivity index (χ4v) is 2.56. The molecule has 1 amide bonds. The van der Waals surface area contributed by atoms with E-state index in [9.17, 15) is 14.7 Å². The molecule has 0 spiro atoms. The van der Waals surface area contributed by atoms with Gasteiger partial charge in [-0.15, -0.1) is 0 Å². The number of morpholine rings is 1. The van der Waals surface area contributed by atoms with Crippen LogP contribution in [0, 0.1) is 6.92 Å². The first kappa shape index (κ1) is 13.6. The molecule has 0 radical (unpaired) electrons. The van der Waals surface area contributed by atoms with Crippen molar-refractivity contribution in [2.75, 3.05) is 19.8 Å². The Bertz CT molecular complexity index is 707. The third kappa shape index (κ3) is 2.50. The number of rotatable bonds is 2. The highest BCUT2D eigenvalue weighted by Gasteiger charge is 2.33. The second-order valence-electron chi connectivity index (χ2n) is 5.20. The number of carbonyl (C=O) groups is 2. The Morgan fingerprint density at radius 3 is 2.95 bits per heavy atom. The smallest absolute Gasteiger partial charge is 0.328 e. The van der Waals surface area contributed by atoms with Crippen LogP contribution in [-0.2, 0) is 9.53 Å². The Hall–Kier alpha value is -2.34. The summed E-state index contributed by atoms with van der Waals surface area (Å²) in [5.74, 6) is -1.35. The van der Waals surface area contributed by atoms with Gasteiger partial charge in [0, 0.05) is 17.4 Å². The normalized spacial score (nSPS) is 18.9. The van der Waals surface area contributed by atoms with Crippen molar-refractivity contribution in [3.05, 3.63) is 35.5 Å². The molecule has 110 valence electrons. The third-order valence-corrected chi connectivity index (χ3v) is 3.68. The summed E-state index contributed by atoms with van der Waals surface area (Å²) in [6.07, 6.45) is 0. The van der Waals surface area contributed by atoms with Crippen LogP contribution in [0.4, 0.5) is 0 Å². The van der Waals surface area contributed by atoms with Gasteiger partial charge in [0.2, 0.25) is 0 Å². The number of carbonyl (C=O) groups excluding carboxylic acids is 1. The second-order valence-corrected chi connectivity index (χ2v) is 5.20. The van der Waals surface area contributed by atoms with E-state index in [-0.39, 0.29) is 19.1 Å². The minimum Gasteiger partial charge on any atom is -0.480 e. The van der Waals surface area contributed by atoms with Crippen LogP contribution in [0.2, 0.25) is 0 Å². The second kappa shape index (κ2) is 5.21. The number of benzene rings is 1. The molecule has 0 bridgehead atoms. The largest absolute Gasteiger partial charge is 0.480 e. The maximum absolute atomic E-state index is 12.5. The average molecular weight is 288 g/mol. The van der Waals surface area contributed by atoms with Crippen LogP contribution < -0.4 is 0 Å². The molecular formula is C15H16N2O4. The first-order valence-corrected chi connectivity index (χ1v) is 6.77. The van der Waals surface area contributed by atoms with Crippen LogP contribution in [0.5, 0.6) is 0 Å². The lowest BCUT2D eigenvalue weighted by atomic mass is 10.2. The first-order valence-electron chi connectivity index (χ1n) is 6.77. The molecule has 1 saturated heterocycles. The molecule has 1 aliphatic rings. The van der Waals surface area contributed by atoms with Crippen LogP contribution in [0.3, 0.4) is 0 Å². The molecule has 3 rings (SSSR count). The van der Waals surface area contributed by atoms with Crippen molar-refractivity contribution < 1.29 is 19.4 Å². The Morgan fingerprint density at radius 2 is 2.19 bits per heavy atom. The number of nitrogens with zero attached hydrogens (tertiary/aromatic N) is 1. The van der Waals surface area contributed by atoms with E-state index in [0.29, 0.717) is 12.3 Å². The van der Waals surface area contributed by atoms with Gasteiger partial charge in [-0.2, -0.15) is 0 Å². The number of aliphatic carboxylic acids is 1.